The first kappa shape index (κ1) is 15.2. The fraction of sp³-hybridized carbons (Fsp3) is 0.125. The van der Waals surface area contributed by atoms with E-state index in [1.165, 1.54) is 21.8 Å². The van der Waals surface area contributed by atoms with Crippen LogP contribution in [0, 0.1) is 0 Å². The summed E-state index contributed by atoms with van der Waals surface area (Å²) in [6, 6.07) is 23.0. The number of aromatic nitrogens is 1. The molecule has 0 spiro atoms. The smallest absolute Gasteiger partial charge is 0.189 e. The van der Waals surface area contributed by atoms with Crippen molar-refractivity contribution in [1.29, 1.82) is 0 Å². The molecular weight excluding hydrogens is 318 g/mol. The average Bonchev–Trinajstić information content (AvgIpc) is 3.17. The summed E-state index contributed by atoms with van der Waals surface area (Å²) in [4.78, 5) is 12.7. The van der Waals surface area contributed by atoms with Crippen LogP contribution < -0.4 is 0 Å². The highest BCUT2D eigenvalue weighted by Gasteiger charge is 2.23. The van der Waals surface area contributed by atoms with Gasteiger partial charge in [-0.25, -0.2) is 0 Å². The van der Waals surface area contributed by atoms with Gasteiger partial charge >= 0.3 is 0 Å². The SMILES string of the molecule is CCn1c2ccccc2c2cc(/C=C3\Cc4ccccc4C3=O)ccc21. The predicted molar refractivity (Wildman–Crippen MR) is 108 cm³/mol. The summed E-state index contributed by atoms with van der Waals surface area (Å²) >= 11 is 0. The topological polar surface area (TPSA) is 22.0 Å². The molecule has 0 aliphatic heterocycles. The van der Waals surface area contributed by atoms with Gasteiger partial charge in [-0.15, -0.1) is 0 Å². The van der Waals surface area contributed by atoms with Crippen molar-refractivity contribution in [2.24, 2.45) is 0 Å². The molecule has 2 heteroatoms. The summed E-state index contributed by atoms with van der Waals surface area (Å²) in [5.41, 5.74) is 6.46. The van der Waals surface area contributed by atoms with Crippen molar-refractivity contribution in [1.82, 2.24) is 4.57 Å². The largest absolute Gasteiger partial charge is 0.341 e. The van der Waals surface area contributed by atoms with E-state index in [0.29, 0.717) is 0 Å². The lowest BCUT2D eigenvalue weighted by Crippen LogP contribution is -1.95. The minimum atomic E-state index is 0.164. The number of fused-ring (bicyclic) bond motifs is 4. The van der Waals surface area contributed by atoms with Crippen molar-refractivity contribution in [3.8, 4) is 0 Å². The Labute approximate surface area is 152 Å². The Morgan fingerprint density at radius 1 is 0.923 bits per heavy atom. The Morgan fingerprint density at radius 2 is 1.69 bits per heavy atom. The van der Waals surface area contributed by atoms with Crippen molar-refractivity contribution in [2.45, 2.75) is 19.9 Å². The summed E-state index contributed by atoms with van der Waals surface area (Å²) in [6.45, 7) is 3.12. The number of carbonyl (C=O) groups is 1. The number of para-hydroxylation sites is 1. The molecule has 0 radical (unpaired) electrons. The van der Waals surface area contributed by atoms with E-state index in [2.05, 4.69) is 60.0 Å². The molecule has 0 saturated carbocycles. The molecule has 0 amide bonds. The molecule has 5 rings (SSSR count). The number of benzene rings is 3. The van der Waals surface area contributed by atoms with Crippen LogP contribution in [-0.2, 0) is 13.0 Å². The molecule has 0 fully saturated rings. The van der Waals surface area contributed by atoms with Gasteiger partial charge in [-0.3, -0.25) is 4.79 Å². The zero-order chi connectivity index (χ0) is 17.7. The van der Waals surface area contributed by atoms with Crippen LogP contribution in [0.2, 0.25) is 0 Å². The van der Waals surface area contributed by atoms with Crippen LogP contribution in [0.15, 0.2) is 72.3 Å². The molecule has 0 N–H and O–H groups in total. The molecule has 26 heavy (non-hydrogen) atoms. The Morgan fingerprint density at radius 3 is 2.54 bits per heavy atom. The maximum atomic E-state index is 12.7. The number of aryl methyl sites for hydroxylation is 1. The maximum Gasteiger partial charge on any atom is 0.189 e. The predicted octanol–water partition coefficient (Wildman–Crippen LogP) is 5.64. The number of hydrogen-bond donors (Lipinski definition) is 0. The second-order valence-corrected chi connectivity index (χ2v) is 6.87. The summed E-state index contributed by atoms with van der Waals surface area (Å²) in [7, 11) is 0. The van der Waals surface area contributed by atoms with E-state index in [1.54, 1.807) is 0 Å². The first-order chi connectivity index (χ1) is 12.8. The van der Waals surface area contributed by atoms with Crippen molar-refractivity contribution in [3.63, 3.8) is 0 Å². The van der Waals surface area contributed by atoms with Gasteiger partial charge in [0, 0.05) is 45.9 Å². The monoisotopic (exact) mass is 337 g/mol. The lowest BCUT2D eigenvalue weighted by atomic mass is 10.0. The molecule has 1 aromatic heterocycles. The maximum absolute atomic E-state index is 12.7. The Bertz CT molecular complexity index is 1210. The highest BCUT2D eigenvalue weighted by molar-refractivity contribution is 6.16. The van der Waals surface area contributed by atoms with Crippen molar-refractivity contribution in [2.75, 3.05) is 0 Å². The first-order valence-corrected chi connectivity index (χ1v) is 9.10. The van der Waals surface area contributed by atoms with E-state index in [4.69, 9.17) is 0 Å². The van der Waals surface area contributed by atoms with Gasteiger partial charge in [0.05, 0.1) is 0 Å². The van der Waals surface area contributed by atoms with Gasteiger partial charge in [0.1, 0.15) is 0 Å². The minimum Gasteiger partial charge on any atom is -0.341 e. The van der Waals surface area contributed by atoms with Crippen LogP contribution >= 0.6 is 0 Å². The van der Waals surface area contributed by atoms with Crippen LogP contribution in [0.25, 0.3) is 27.9 Å². The van der Waals surface area contributed by atoms with E-state index >= 15 is 0 Å². The van der Waals surface area contributed by atoms with E-state index < -0.39 is 0 Å². The van der Waals surface area contributed by atoms with E-state index in [0.717, 1.165) is 35.2 Å². The highest BCUT2D eigenvalue weighted by atomic mass is 16.1. The number of Topliss-reactive ketones (excluding diaryl/α,β-unsaturated/α-hetero) is 1. The van der Waals surface area contributed by atoms with Crippen LogP contribution in [-0.4, -0.2) is 10.4 Å². The number of ketones is 1. The molecule has 2 nitrogen and oxygen atoms in total. The molecular formula is C24H19NO. The first-order valence-electron chi connectivity index (χ1n) is 9.10. The fourth-order valence-electron chi connectivity index (χ4n) is 4.17. The molecule has 1 heterocycles. The number of nitrogens with zero attached hydrogens (tertiary/aromatic N) is 1. The number of hydrogen-bond acceptors (Lipinski definition) is 1. The highest BCUT2D eigenvalue weighted by Crippen LogP contribution is 2.32. The Kier molecular flexibility index (Phi) is 3.32. The molecule has 0 unspecified atom stereocenters. The number of rotatable bonds is 2. The molecule has 1 aliphatic rings. The molecule has 0 saturated heterocycles. The van der Waals surface area contributed by atoms with Crippen LogP contribution in [0.3, 0.4) is 0 Å². The van der Waals surface area contributed by atoms with Crippen molar-refractivity contribution >= 4 is 33.7 Å². The van der Waals surface area contributed by atoms with Gasteiger partial charge in [0.2, 0.25) is 0 Å². The van der Waals surface area contributed by atoms with Crippen LogP contribution in [0.4, 0.5) is 0 Å². The second-order valence-electron chi connectivity index (χ2n) is 6.87. The van der Waals surface area contributed by atoms with Crippen LogP contribution in [0.5, 0.6) is 0 Å². The van der Waals surface area contributed by atoms with Gasteiger partial charge in [-0.05, 0) is 42.3 Å². The van der Waals surface area contributed by atoms with Gasteiger partial charge < -0.3 is 4.57 Å². The number of allylic oxidation sites excluding steroid dienone is 1. The molecule has 0 bridgehead atoms. The summed E-state index contributed by atoms with van der Waals surface area (Å²) in [5.74, 6) is 0.164. The van der Waals surface area contributed by atoms with Gasteiger partial charge in [-0.1, -0.05) is 48.5 Å². The summed E-state index contributed by atoms with van der Waals surface area (Å²) in [6.07, 6.45) is 2.78. The Hall–Kier alpha value is -3.13. The van der Waals surface area contributed by atoms with Crippen molar-refractivity contribution < 1.29 is 4.79 Å². The quantitative estimate of drug-likeness (QED) is 0.434. The van der Waals surface area contributed by atoms with Gasteiger partial charge in [0.25, 0.3) is 0 Å². The zero-order valence-electron chi connectivity index (χ0n) is 14.7. The standard InChI is InChI=1S/C24H19NO/c1-2-25-22-10-6-5-9-20(22)21-14-16(11-12-23(21)25)13-18-15-17-7-3-4-8-19(17)24(18)26/h3-14H,2,15H2,1H3/b18-13+. The minimum absolute atomic E-state index is 0.164. The van der Waals surface area contributed by atoms with E-state index in [1.807, 2.05) is 24.3 Å². The Balaban J connectivity index is 1.65. The third-order valence-electron chi connectivity index (χ3n) is 5.39. The molecule has 1 aliphatic carbocycles. The second kappa shape index (κ2) is 5.70. The lowest BCUT2D eigenvalue weighted by Gasteiger charge is -2.03. The summed E-state index contributed by atoms with van der Waals surface area (Å²) < 4.78 is 2.35. The van der Waals surface area contributed by atoms with Crippen LogP contribution in [0.1, 0.15) is 28.4 Å². The molecule has 0 atom stereocenters. The zero-order valence-corrected chi connectivity index (χ0v) is 14.7. The number of carbonyl (C=O) groups excluding carboxylic acids is 1. The van der Waals surface area contributed by atoms with Gasteiger partial charge in [0.15, 0.2) is 5.78 Å². The average molecular weight is 337 g/mol. The fourth-order valence-corrected chi connectivity index (χ4v) is 4.17. The van der Waals surface area contributed by atoms with E-state index in [9.17, 15) is 4.79 Å². The third-order valence-corrected chi connectivity index (χ3v) is 5.39. The third kappa shape index (κ3) is 2.15. The van der Waals surface area contributed by atoms with Crippen molar-refractivity contribution in [3.05, 3.63) is 89.0 Å². The molecule has 4 aromatic rings. The normalized spacial score (nSPS) is 15.3. The summed E-state index contributed by atoms with van der Waals surface area (Å²) in [5, 5.41) is 2.52. The lowest BCUT2D eigenvalue weighted by molar-refractivity contribution is 0.104. The van der Waals surface area contributed by atoms with E-state index in [-0.39, 0.29) is 5.78 Å². The van der Waals surface area contributed by atoms with Gasteiger partial charge in [-0.2, -0.15) is 0 Å². The molecule has 3 aromatic carbocycles. The molecule has 126 valence electrons.